The Morgan fingerprint density at radius 1 is 1.24 bits per heavy atom. The molecule has 0 bridgehead atoms. The molecule has 7 nitrogen and oxygen atoms in total. The van der Waals surface area contributed by atoms with Crippen LogP contribution in [-0.2, 0) is 17.1 Å². The molecule has 0 saturated heterocycles. The number of nitrogens with zero attached hydrogens (tertiary/aromatic N) is 2. The van der Waals surface area contributed by atoms with E-state index in [-0.39, 0.29) is 27.6 Å². The van der Waals surface area contributed by atoms with Gasteiger partial charge in [0.05, 0.1) is 5.56 Å². The maximum absolute atomic E-state index is 15.0. The van der Waals surface area contributed by atoms with Crippen LogP contribution in [0, 0.1) is 28.9 Å². The Kier molecular flexibility index (Phi) is 8.41. The molecule has 1 atom stereocenters. The number of sulfonamides is 1. The van der Waals surface area contributed by atoms with Gasteiger partial charge in [-0.1, -0.05) is 6.92 Å². The van der Waals surface area contributed by atoms with Crippen LogP contribution < -0.4 is 10.0 Å². The van der Waals surface area contributed by atoms with Crippen molar-refractivity contribution in [2.45, 2.75) is 44.1 Å². The van der Waals surface area contributed by atoms with E-state index in [1.54, 1.807) is 6.07 Å². The number of benzene rings is 1. The second kappa shape index (κ2) is 9.74. The molecule has 1 heterocycles. The summed E-state index contributed by atoms with van der Waals surface area (Å²) in [5.41, 5.74) is -2.69. The second-order valence-electron chi connectivity index (χ2n) is 8.03. The molecule has 2 aromatic rings. The molecular formula is C20H28F4N4O3S2. The van der Waals surface area contributed by atoms with Crippen molar-refractivity contribution in [3.05, 3.63) is 47.3 Å². The monoisotopic (exact) mass is 512 g/mol. The molecule has 1 aromatic heterocycles. The number of rotatable bonds is 7. The SMILES string of the molecule is CC(C(C)(F)F)C(C)(C)NS(=O)(=O)c1cn(C)c(C(=O)Nc2ccc(F)c(C#N)c2)c1F.S.[HH].[HH]. The topological polar surface area (TPSA) is 104 Å². The molecule has 186 valence electrons. The van der Waals surface area contributed by atoms with Crippen molar-refractivity contribution in [1.82, 2.24) is 9.29 Å². The fraction of sp³-hybridized carbons (Fsp3) is 0.400. The number of aryl methyl sites for hydroxylation is 1. The summed E-state index contributed by atoms with van der Waals surface area (Å²) in [6, 6.07) is 4.69. The summed E-state index contributed by atoms with van der Waals surface area (Å²) in [5.74, 6) is -7.93. The molecule has 1 aromatic carbocycles. The van der Waals surface area contributed by atoms with E-state index in [9.17, 15) is 26.4 Å². The van der Waals surface area contributed by atoms with Crippen LogP contribution in [0.5, 0.6) is 0 Å². The van der Waals surface area contributed by atoms with Gasteiger partial charge in [-0.15, -0.1) is 0 Å². The highest BCUT2D eigenvalue weighted by Gasteiger charge is 2.44. The molecule has 0 aliphatic rings. The molecule has 0 spiro atoms. The van der Waals surface area contributed by atoms with Gasteiger partial charge >= 0.3 is 0 Å². The van der Waals surface area contributed by atoms with E-state index < -0.39 is 55.5 Å². The predicted octanol–water partition coefficient (Wildman–Crippen LogP) is 4.38. The fourth-order valence-electron chi connectivity index (χ4n) is 3.02. The summed E-state index contributed by atoms with van der Waals surface area (Å²) in [6.45, 7) is 4.28. The first-order valence-electron chi connectivity index (χ1n) is 9.29. The normalized spacial score (nSPS) is 13.1. The van der Waals surface area contributed by atoms with Crippen LogP contribution in [0.3, 0.4) is 0 Å². The number of halogens is 4. The number of carbonyl (C=O) groups is 1. The average Bonchev–Trinajstić information content (AvgIpc) is 2.96. The number of nitrogens with one attached hydrogen (secondary N) is 2. The maximum atomic E-state index is 15.0. The number of anilines is 1. The van der Waals surface area contributed by atoms with Gasteiger partial charge in [-0.25, -0.2) is 30.7 Å². The summed E-state index contributed by atoms with van der Waals surface area (Å²) in [5, 5.41) is 11.1. The number of hydrogen-bond donors (Lipinski definition) is 2. The van der Waals surface area contributed by atoms with Gasteiger partial charge < -0.3 is 9.88 Å². The molecule has 33 heavy (non-hydrogen) atoms. The van der Waals surface area contributed by atoms with Crippen molar-refractivity contribution >= 4 is 35.1 Å². The average molecular weight is 513 g/mol. The van der Waals surface area contributed by atoms with Crippen molar-refractivity contribution in [1.29, 1.82) is 5.26 Å². The lowest BCUT2D eigenvalue weighted by atomic mass is 9.86. The summed E-state index contributed by atoms with van der Waals surface area (Å²) >= 11 is 0. The first kappa shape index (κ1) is 28.5. The van der Waals surface area contributed by atoms with Crippen molar-refractivity contribution in [3.8, 4) is 6.07 Å². The highest BCUT2D eigenvalue weighted by atomic mass is 32.2. The summed E-state index contributed by atoms with van der Waals surface area (Å²) in [6.07, 6.45) is 0.836. The molecule has 0 fully saturated rings. The highest BCUT2D eigenvalue weighted by Crippen LogP contribution is 2.34. The third kappa shape index (κ3) is 6.07. The van der Waals surface area contributed by atoms with Crippen LogP contribution in [0.1, 0.15) is 46.6 Å². The first-order valence-corrected chi connectivity index (χ1v) is 10.8. The Morgan fingerprint density at radius 3 is 2.33 bits per heavy atom. The van der Waals surface area contributed by atoms with E-state index in [0.29, 0.717) is 6.92 Å². The van der Waals surface area contributed by atoms with E-state index in [1.807, 2.05) is 0 Å². The lowest BCUT2D eigenvalue weighted by Gasteiger charge is -2.35. The zero-order valence-corrected chi connectivity index (χ0v) is 20.2. The largest absolute Gasteiger partial charge is 0.343 e. The molecule has 1 amide bonds. The van der Waals surface area contributed by atoms with Crippen molar-refractivity contribution < 1.29 is 33.6 Å². The Morgan fingerprint density at radius 2 is 1.82 bits per heavy atom. The second-order valence-corrected chi connectivity index (χ2v) is 9.68. The molecule has 0 aliphatic carbocycles. The van der Waals surface area contributed by atoms with Gasteiger partial charge in [0, 0.05) is 33.2 Å². The zero-order chi connectivity index (χ0) is 24.6. The Labute approximate surface area is 199 Å². The van der Waals surface area contributed by atoms with Gasteiger partial charge in [0.15, 0.2) is 5.82 Å². The van der Waals surface area contributed by atoms with Gasteiger partial charge in [0.1, 0.15) is 22.5 Å². The van der Waals surface area contributed by atoms with Crippen LogP contribution in [0.15, 0.2) is 29.3 Å². The van der Waals surface area contributed by atoms with E-state index >= 15 is 4.39 Å². The molecule has 1 unspecified atom stereocenters. The third-order valence-electron chi connectivity index (χ3n) is 5.18. The van der Waals surface area contributed by atoms with Gasteiger partial charge in [-0.2, -0.15) is 18.8 Å². The van der Waals surface area contributed by atoms with Crippen LogP contribution in [0.4, 0.5) is 23.2 Å². The minimum absolute atomic E-state index is 0. The lowest BCUT2D eigenvalue weighted by molar-refractivity contribution is -0.0589. The minimum Gasteiger partial charge on any atom is -0.343 e. The van der Waals surface area contributed by atoms with Gasteiger partial charge in [0.25, 0.3) is 5.91 Å². The molecular weight excluding hydrogens is 484 g/mol. The molecule has 2 N–H and O–H groups in total. The number of alkyl halides is 2. The van der Waals surface area contributed by atoms with E-state index in [4.69, 9.17) is 5.26 Å². The Hall–Kier alpha value is -2.56. The van der Waals surface area contributed by atoms with Gasteiger partial charge in [0.2, 0.25) is 15.9 Å². The number of amides is 1. The number of carbonyl (C=O) groups excluding carboxylic acids is 1. The van der Waals surface area contributed by atoms with Crippen molar-refractivity contribution in [2.24, 2.45) is 13.0 Å². The van der Waals surface area contributed by atoms with Gasteiger partial charge in [-0.05, 0) is 39.0 Å². The van der Waals surface area contributed by atoms with E-state index in [1.165, 1.54) is 20.9 Å². The third-order valence-corrected chi connectivity index (χ3v) is 6.84. The number of hydrogen-bond acceptors (Lipinski definition) is 4. The number of aromatic nitrogens is 1. The van der Waals surface area contributed by atoms with Crippen LogP contribution in [0.25, 0.3) is 0 Å². The summed E-state index contributed by atoms with van der Waals surface area (Å²) in [7, 11) is -3.41. The molecule has 2 rings (SSSR count). The van der Waals surface area contributed by atoms with Crippen molar-refractivity contribution in [3.63, 3.8) is 0 Å². The van der Waals surface area contributed by atoms with Crippen LogP contribution in [0.2, 0.25) is 0 Å². The van der Waals surface area contributed by atoms with Crippen molar-refractivity contribution in [2.75, 3.05) is 5.32 Å². The zero-order valence-electron chi connectivity index (χ0n) is 18.4. The summed E-state index contributed by atoms with van der Waals surface area (Å²) < 4.78 is 84.4. The Balaban J connectivity index is 0. The van der Waals surface area contributed by atoms with E-state index in [0.717, 1.165) is 35.9 Å². The fourth-order valence-corrected chi connectivity index (χ4v) is 4.63. The highest BCUT2D eigenvalue weighted by molar-refractivity contribution is 7.89. The standard InChI is InChI=1S/C20H22F4N4O3S.H2S.2H2/c1-11(20(4,23)24)19(2,3)27-32(30,31)15-10-28(5)17(16(15)22)18(29)26-13-6-7-14(21)12(8-13)9-25;;;/h6-8,10-11,27H,1-5H3,(H,26,29);1H2;2*1H. The quantitative estimate of drug-likeness (QED) is 0.537. The smallest absolute Gasteiger partial charge is 0.275 e. The predicted molar refractivity (Wildman–Crippen MR) is 123 cm³/mol. The lowest BCUT2D eigenvalue weighted by Crippen LogP contribution is -2.53. The van der Waals surface area contributed by atoms with Crippen LogP contribution in [-0.4, -0.2) is 30.4 Å². The molecule has 0 saturated carbocycles. The van der Waals surface area contributed by atoms with Crippen LogP contribution >= 0.6 is 13.5 Å². The number of nitriles is 1. The van der Waals surface area contributed by atoms with Gasteiger partial charge in [-0.3, -0.25) is 4.79 Å². The molecule has 0 radical (unpaired) electrons. The maximum Gasteiger partial charge on any atom is 0.275 e. The summed E-state index contributed by atoms with van der Waals surface area (Å²) in [4.78, 5) is 11.6. The Bertz CT molecular complexity index is 1210. The van der Waals surface area contributed by atoms with E-state index in [2.05, 4.69) is 10.0 Å². The molecule has 0 aliphatic heterocycles. The first-order chi connectivity index (χ1) is 14.5. The molecule has 13 heteroatoms. The minimum atomic E-state index is -4.63.